The van der Waals surface area contributed by atoms with E-state index in [0.717, 1.165) is 87.7 Å². The lowest BCUT2D eigenvalue weighted by atomic mass is 9.64. The van der Waals surface area contributed by atoms with Crippen molar-refractivity contribution in [2.45, 2.75) is 99.6 Å². The van der Waals surface area contributed by atoms with Gasteiger partial charge in [-0.1, -0.05) is 24.5 Å². The van der Waals surface area contributed by atoms with Crippen LogP contribution in [0.4, 0.5) is 0 Å². The Kier molecular flexibility index (Phi) is 10.2. The lowest BCUT2D eigenvalue weighted by molar-refractivity contribution is -0.327. The molecule has 9 atom stereocenters. The number of hydrogen-bond donors (Lipinski definition) is 5. The normalized spacial score (nSPS) is 31.0. The number of rotatable bonds is 5. The second-order valence-corrected chi connectivity index (χ2v) is 19.3. The average molecular weight is 907 g/mol. The van der Waals surface area contributed by atoms with E-state index in [-0.39, 0.29) is 72.1 Å². The number of aliphatic hydroxyl groups excluding tert-OH is 2. The summed E-state index contributed by atoms with van der Waals surface area (Å²) in [6.45, 7) is -0.684. The molecule has 4 aliphatic carbocycles. The van der Waals surface area contributed by atoms with Gasteiger partial charge in [-0.3, -0.25) is 9.59 Å². The number of aliphatic imine (C=N–C) groups is 1. The minimum absolute atomic E-state index is 0.0193. The molecule has 9 unspecified atom stereocenters. The highest BCUT2D eigenvalue weighted by Crippen LogP contribution is 2.62. The number of fused-ring (bicyclic) bond motifs is 8. The van der Waals surface area contributed by atoms with Crippen molar-refractivity contribution in [3.63, 3.8) is 0 Å². The van der Waals surface area contributed by atoms with E-state index < -0.39 is 42.9 Å². The number of methoxy groups -OCH3 is 1. The molecule has 67 heavy (non-hydrogen) atoms. The third-order valence-electron chi connectivity index (χ3n) is 15.8. The summed E-state index contributed by atoms with van der Waals surface area (Å²) in [6, 6.07) is 5.39. The molecule has 12 rings (SSSR count). The molecule has 0 spiro atoms. The largest absolute Gasteiger partial charge is 0.506 e. The summed E-state index contributed by atoms with van der Waals surface area (Å²) in [7, 11) is 3.47. The predicted octanol–water partition coefficient (Wildman–Crippen LogP) is 4.84. The van der Waals surface area contributed by atoms with Gasteiger partial charge in [0.2, 0.25) is 6.29 Å². The Morgan fingerprint density at radius 1 is 1.10 bits per heavy atom. The number of ether oxygens (including phenoxy) is 5. The number of Topliss-reactive ketones (excluding diaryl/α,β-unsaturated/α-hetero) is 1. The Bertz CT molecular complexity index is 2900. The number of carbonyl (C=O) groups is 2. The Morgan fingerprint density at radius 3 is 2.82 bits per heavy atom. The van der Waals surface area contributed by atoms with Gasteiger partial charge >= 0.3 is 0 Å². The zero-order valence-corrected chi connectivity index (χ0v) is 37.3. The number of allylic oxidation sites excluding steroid dienone is 3. The van der Waals surface area contributed by atoms with Crippen LogP contribution in [0.2, 0.25) is 0 Å². The van der Waals surface area contributed by atoms with Gasteiger partial charge in [0.1, 0.15) is 47.2 Å². The second-order valence-electron chi connectivity index (χ2n) is 19.3. The first-order valence-corrected chi connectivity index (χ1v) is 23.5. The van der Waals surface area contributed by atoms with E-state index in [2.05, 4.69) is 23.8 Å². The Labute approximate surface area is 387 Å². The predicted molar refractivity (Wildman–Crippen MR) is 246 cm³/mol. The maximum atomic E-state index is 15.3. The van der Waals surface area contributed by atoms with Crippen LogP contribution in [0.15, 0.2) is 63.8 Å². The molecular weight excluding hydrogens is 855 g/mol. The lowest BCUT2D eigenvalue weighted by Crippen LogP contribution is -2.70. The zero-order chi connectivity index (χ0) is 45.9. The van der Waals surface area contributed by atoms with E-state index in [4.69, 9.17) is 28.7 Å². The number of nitrogens with one attached hydrogen (secondary N) is 1. The molecular formula is C53H52N3O11+. The molecule has 3 aromatic carbocycles. The van der Waals surface area contributed by atoms with Crippen LogP contribution in [0.25, 0.3) is 16.8 Å². The van der Waals surface area contributed by atoms with Gasteiger partial charge in [-0.05, 0) is 103 Å². The number of aromatic hydroxyl groups is 1. The molecule has 3 aromatic rings. The maximum absolute atomic E-state index is 15.3. The summed E-state index contributed by atoms with van der Waals surface area (Å²) >= 11 is 0. The van der Waals surface area contributed by atoms with Crippen molar-refractivity contribution in [2.75, 3.05) is 40.5 Å². The fourth-order valence-electron chi connectivity index (χ4n) is 12.7. The van der Waals surface area contributed by atoms with Gasteiger partial charge < -0.3 is 54.3 Å². The summed E-state index contributed by atoms with van der Waals surface area (Å²) in [4.78, 5) is 35.7. The number of phenols is 1. The van der Waals surface area contributed by atoms with Gasteiger partial charge in [-0.25, -0.2) is 0 Å². The van der Waals surface area contributed by atoms with Crippen molar-refractivity contribution in [2.24, 2.45) is 10.9 Å². The van der Waals surface area contributed by atoms with Crippen LogP contribution in [0.5, 0.6) is 17.2 Å². The number of ketones is 1. The third kappa shape index (κ3) is 6.39. The number of likely N-dealkylation sites (N-methyl/N-ethyl adjacent to an activating group) is 1. The standard InChI is InChI=1S/C53H51N3O11/c1-54-20-26-11-15-37-34(18-26)35(21-55-37)39-16-14-33-48(63-2)32-13-12-29-19-28-7-4-9-30(28)42-41(29)43(32)45-47(60)44(42)38(58)23-56-22-36-27(6-3-10-31(36)51(56)61)8-5-17-64-50-46(59)40(24-65-39)66-52(67-49(33)45)53(50,62)25-57/h3,6,10-11,14-16,18,21,28-30,39-40,46,50,52,54,57,59,62H,4,7-9,12-13,19-20,22-25H2,1-2H3/p+1. The monoisotopic (exact) mass is 906 g/mol. The van der Waals surface area contributed by atoms with Crippen LogP contribution in [-0.2, 0) is 33.6 Å². The first-order chi connectivity index (χ1) is 32.6. The minimum atomic E-state index is -2.45. The highest BCUT2D eigenvalue weighted by Gasteiger charge is 2.59. The summed E-state index contributed by atoms with van der Waals surface area (Å²) in [5.74, 6) is 2.95. The minimum Gasteiger partial charge on any atom is -0.506 e. The van der Waals surface area contributed by atoms with E-state index in [1.165, 1.54) is 0 Å². The van der Waals surface area contributed by atoms with E-state index in [0.29, 0.717) is 35.8 Å². The number of phenolic OH excluding ortho intramolecular Hbond substituents is 1. The molecule has 5 heterocycles. The first kappa shape index (κ1) is 42.4. The molecule has 1 amide bonds. The zero-order valence-electron chi connectivity index (χ0n) is 37.3. The third-order valence-corrected chi connectivity index (χ3v) is 15.8. The lowest BCUT2D eigenvalue weighted by Gasteiger charge is -2.48. The quantitative estimate of drug-likeness (QED) is 0.174. The number of hydrogen-bond acceptors (Lipinski definition) is 13. The average Bonchev–Trinajstić information content (AvgIpc) is 4.06. The topological polar surface area (TPSA) is 189 Å². The van der Waals surface area contributed by atoms with Gasteiger partial charge in [0, 0.05) is 54.8 Å². The molecule has 1 saturated heterocycles. The molecule has 9 aliphatic rings. The maximum Gasteiger partial charge on any atom is 0.254 e. The molecule has 5 aliphatic heterocycles. The van der Waals surface area contributed by atoms with Gasteiger partial charge in [-0.2, -0.15) is 4.99 Å². The molecule has 14 heteroatoms. The van der Waals surface area contributed by atoms with Crippen LogP contribution < -0.4 is 14.8 Å². The highest BCUT2D eigenvalue weighted by atomic mass is 16.7. The number of amides is 1. The molecule has 2 fully saturated rings. The molecule has 8 bridgehead atoms. The Balaban J connectivity index is 1.14. The summed E-state index contributed by atoms with van der Waals surface area (Å²) < 4.78 is 32.7. The second kappa shape index (κ2) is 16.1. The number of nitrogens with zero attached hydrogens (tertiary/aromatic N) is 2. The van der Waals surface area contributed by atoms with Gasteiger partial charge in [0.05, 0.1) is 55.2 Å². The van der Waals surface area contributed by atoms with Crippen LogP contribution in [-0.4, -0.2) is 120 Å². The Hall–Kier alpha value is -5.92. The van der Waals surface area contributed by atoms with Crippen molar-refractivity contribution < 1.29 is 53.7 Å². The fourth-order valence-corrected chi connectivity index (χ4v) is 12.7. The van der Waals surface area contributed by atoms with Gasteiger partial charge in [0.15, 0.2) is 23.2 Å². The van der Waals surface area contributed by atoms with Crippen molar-refractivity contribution in [3.8, 4) is 29.3 Å². The highest BCUT2D eigenvalue weighted by molar-refractivity contribution is 6.14. The van der Waals surface area contributed by atoms with E-state index in [1.807, 2.05) is 31.3 Å². The molecule has 344 valence electrons. The van der Waals surface area contributed by atoms with Crippen LogP contribution in [0, 0.1) is 24.4 Å². The smallest absolute Gasteiger partial charge is 0.254 e. The number of aryl methyl sites for hydroxylation is 1. The van der Waals surface area contributed by atoms with Gasteiger partial charge in [-0.15, -0.1) is 0 Å². The SMILES string of the molecule is CNCC1=CC=C2N=CC(C3C=Cc4c(OC)c5c6c7c(c8c(O)c6c4OC4OC(CO3)C(O)C(OC#CCc3cccc6c3CN(CC8=O)C6=O)C4(O)CO)C3CCCC3CC7CC5)=C2[CH+]1. The summed E-state index contributed by atoms with van der Waals surface area (Å²) in [5.41, 5.74) is 6.15. The van der Waals surface area contributed by atoms with Crippen molar-refractivity contribution in [1.82, 2.24) is 10.2 Å². The summed E-state index contributed by atoms with van der Waals surface area (Å²) in [5, 5.41) is 53.4. The number of benzene rings is 3. The van der Waals surface area contributed by atoms with Crippen LogP contribution in [0.3, 0.4) is 0 Å². The van der Waals surface area contributed by atoms with Crippen molar-refractivity contribution in [1.29, 1.82) is 0 Å². The van der Waals surface area contributed by atoms with E-state index >= 15 is 4.79 Å². The first-order valence-electron chi connectivity index (χ1n) is 23.5. The molecule has 0 aromatic heterocycles. The van der Waals surface area contributed by atoms with Crippen LogP contribution in [0.1, 0.15) is 98.0 Å². The molecule has 1 saturated carbocycles. The number of carbonyl (C=O) groups excluding carboxylic acids is 2. The molecule has 5 N–H and O–H groups in total. The molecule has 0 radical (unpaired) electrons. The summed E-state index contributed by atoms with van der Waals surface area (Å²) in [6.07, 6.45) is 12.5. The van der Waals surface area contributed by atoms with E-state index in [9.17, 15) is 25.2 Å². The Morgan fingerprint density at radius 2 is 1.99 bits per heavy atom. The van der Waals surface area contributed by atoms with Crippen LogP contribution >= 0.6 is 0 Å². The van der Waals surface area contributed by atoms with Gasteiger partial charge in [0.25, 0.3) is 5.91 Å². The number of aliphatic hydroxyl groups is 3. The van der Waals surface area contributed by atoms with Crippen molar-refractivity contribution in [3.05, 3.63) is 110 Å². The van der Waals surface area contributed by atoms with Crippen molar-refractivity contribution >= 4 is 34.8 Å². The fraction of sp³-hybridized carbons (Fsp3) is 0.434. The van der Waals surface area contributed by atoms with E-state index in [1.54, 1.807) is 36.4 Å². The molecule has 14 nitrogen and oxygen atoms in total.